The average molecular weight is 2240 g/mol. The van der Waals surface area contributed by atoms with E-state index in [2.05, 4.69) is 54.4 Å². The Hall–Kier alpha value is -6.35. The number of nitrogens with two attached hydrogens (primary N) is 4. The summed E-state index contributed by atoms with van der Waals surface area (Å²) in [4.78, 5) is 174. The fourth-order valence-electron chi connectivity index (χ4n) is 17.3. The molecule has 8 saturated heterocycles. The van der Waals surface area contributed by atoms with Crippen LogP contribution in [-0.2, 0) is 166 Å². The molecule has 0 bridgehead atoms. The number of nitrogens with one attached hydrogen (secondary N) is 1. The number of H-pyrrole nitrogens is 1. The van der Waals surface area contributed by atoms with Gasteiger partial charge in [-0.2, -0.15) is 9.97 Å². The van der Waals surface area contributed by atoms with Crippen LogP contribution in [0.4, 0.5) is 41.0 Å². The fraction of sp³-hybridized carbons (Fsp3) is 0.725. The van der Waals surface area contributed by atoms with Gasteiger partial charge in [-0.05, 0) is 40.2 Å². The Morgan fingerprint density at radius 3 is 1.01 bits per heavy atom. The molecular formula is C69H94F4N18O46P8-8. The summed E-state index contributed by atoms with van der Waals surface area (Å²) in [5.74, 6) is -1.29. The smallest absolute Gasteiger partial charge is 0.351 e. The highest BCUT2D eigenvalue weighted by atomic mass is 31.2. The molecule has 812 valence electrons. The van der Waals surface area contributed by atoms with Crippen LogP contribution in [0.2, 0.25) is 0 Å². The fourth-order valence-corrected chi connectivity index (χ4v) is 24.5. The highest BCUT2D eigenvalue weighted by Crippen LogP contribution is 2.57. The summed E-state index contributed by atoms with van der Waals surface area (Å²) in [6, 6.07) is 1.05. The lowest BCUT2D eigenvalue weighted by molar-refractivity contribution is -0.244. The zero-order valence-corrected chi connectivity index (χ0v) is 83.8. The van der Waals surface area contributed by atoms with Gasteiger partial charge in [0.15, 0.2) is 83.7 Å². The number of imidazole rings is 3. The maximum Gasteiger partial charge on any atom is 0.351 e. The molecule has 7 aromatic rings. The molecule has 15 rings (SSSR count). The van der Waals surface area contributed by atoms with Crippen molar-refractivity contribution < 1.29 is 222 Å². The Bertz CT molecular complexity index is 6290. The molecule has 9 N–H and O–H groups in total. The number of phosphoric ester groups is 8. The van der Waals surface area contributed by atoms with Crippen LogP contribution in [0.5, 0.6) is 0 Å². The van der Waals surface area contributed by atoms with Crippen molar-refractivity contribution in [1.29, 1.82) is 0 Å². The van der Waals surface area contributed by atoms with Crippen LogP contribution in [-0.4, -0.2) is 321 Å². The molecule has 8 aliphatic rings. The highest BCUT2D eigenvalue weighted by Gasteiger charge is 2.58. The van der Waals surface area contributed by atoms with E-state index in [0.29, 0.717) is 11.7 Å². The van der Waals surface area contributed by atoms with Crippen molar-refractivity contribution in [2.24, 2.45) is 0 Å². The molecule has 0 radical (unpaired) electrons. The van der Waals surface area contributed by atoms with E-state index in [1.165, 1.54) is 21.0 Å². The number of ether oxygens (including phenoxy) is 12. The third kappa shape index (κ3) is 25.3. The predicted molar refractivity (Wildman–Crippen MR) is 449 cm³/mol. The Labute approximate surface area is 813 Å². The second kappa shape index (κ2) is 45.1. The molecule has 64 nitrogen and oxygen atoms in total. The lowest BCUT2D eigenvalue weighted by Gasteiger charge is -2.34. The molecule has 145 heavy (non-hydrogen) atoms. The molecule has 7 aromatic heterocycles. The van der Waals surface area contributed by atoms with Crippen molar-refractivity contribution in [3.05, 3.63) is 64.7 Å². The topological polar surface area (TPSA) is 869 Å². The van der Waals surface area contributed by atoms with Crippen molar-refractivity contribution in [1.82, 2.24) is 68.1 Å². The zero-order chi connectivity index (χ0) is 105. The maximum absolute atomic E-state index is 17.6. The van der Waals surface area contributed by atoms with Gasteiger partial charge in [0, 0.05) is 41.7 Å². The Morgan fingerprint density at radius 2 is 0.648 bits per heavy atom. The molecule has 0 amide bonds. The van der Waals surface area contributed by atoms with E-state index in [9.17, 15) is 85.3 Å². The van der Waals surface area contributed by atoms with Gasteiger partial charge in [0.25, 0.3) is 68.1 Å². The van der Waals surface area contributed by atoms with Crippen molar-refractivity contribution in [3.63, 3.8) is 0 Å². The minimum atomic E-state index is -6.25. The first-order valence-corrected chi connectivity index (χ1v) is 54.8. The SMILES string of the molecule is CC[C@H]1O[C@@H](C)[C@@H](OC)C1OP(=O)([O-])OC[C@H]1O[C@@H](n2cnc3c(N)ncnc32)[C@@H](F)C1OP(=O)([O-])OC[C@H]1O[C@@H](n2cnc3c(=O)[nH]c(N)nc32)[C@@H](OC)C1OP(=O)([O-])OC[C@H]1O[C@@H](n2cnc3c(N)ncnc32)[C@@H](F)C1OP(=O)([O-])OC[C@H]1O[C@@H](C)[C@@H](OC)C1OP(=O)([O-])OC[C@H]1O[C@@H](C)[C@@H](F)C1OP(=O)([O-])OC[C@H]1O[C@@H](C)[C@@H](OC)C1OP(=O)([O-])OC[C@H]1O[C@@H](n2ccc(N)nc2=O)[C@@H](F)C1OP(=O)([O-])OC. The summed E-state index contributed by atoms with van der Waals surface area (Å²) >= 11 is 0. The predicted octanol–water partition coefficient (Wildman–Crippen LogP) is -3.46. The number of hydrogen-bond acceptors (Lipinski definition) is 59. The second-order valence-corrected chi connectivity index (χ2v) is 44.2. The number of phosphoric acid groups is 8. The Balaban J connectivity index is 0.605. The molecule has 16 unspecified atom stereocenters. The summed E-state index contributed by atoms with van der Waals surface area (Å²) in [6.07, 6.45) is -55.3. The normalized spacial score (nSPS) is 36.3. The third-order valence-corrected chi connectivity index (χ3v) is 31.6. The number of methoxy groups -OCH3 is 4. The van der Waals surface area contributed by atoms with E-state index in [1.54, 1.807) is 13.8 Å². The van der Waals surface area contributed by atoms with E-state index in [4.69, 9.17) is 148 Å². The van der Waals surface area contributed by atoms with Crippen LogP contribution in [0.25, 0.3) is 33.5 Å². The van der Waals surface area contributed by atoms with Gasteiger partial charge in [0.2, 0.25) is 5.95 Å². The molecule has 8 aliphatic heterocycles. The number of nitrogens with zero attached hydrogens (tertiary/aromatic N) is 13. The molecule has 0 aromatic carbocycles. The molecule has 15 heterocycles. The summed E-state index contributed by atoms with van der Waals surface area (Å²) in [5, 5.41) is 0. The van der Waals surface area contributed by atoms with Crippen molar-refractivity contribution >= 4 is 119 Å². The van der Waals surface area contributed by atoms with Crippen molar-refractivity contribution in [3.8, 4) is 0 Å². The van der Waals surface area contributed by atoms with E-state index >= 15 is 17.6 Å². The Kier molecular flexibility index (Phi) is 35.1. The largest absolute Gasteiger partial charge is 0.756 e. The number of anilines is 4. The summed E-state index contributed by atoms with van der Waals surface area (Å²) in [7, 11) is -42.3. The summed E-state index contributed by atoms with van der Waals surface area (Å²) in [6.45, 7) is -2.53. The van der Waals surface area contributed by atoms with Crippen LogP contribution in [0, 0.1) is 0 Å². The highest BCUT2D eigenvalue weighted by molar-refractivity contribution is 7.47. The summed E-state index contributed by atoms with van der Waals surface area (Å²) < 4.78 is 331. The molecule has 40 atom stereocenters. The number of fused-ring (bicyclic) bond motifs is 3. The lowest BCUT2D eigenvalue weighted by atomic mass is 10.1. The number of alkyl halides is 4. The van der Waals surface area contributed by atoms with Crippen LogP contribution >= 0.6 is 62.6 Å². The maximum atomic E-state index is 17.6. The molecule has 0 spiro atoms. The first kappa shape index (κ1) is 113. The molecule has 76 heteroatoms. The molecule has 0 aliphatic carbocycles. The molecule has 8 fully saturated rings. The van der Waals surface area contributed by atoms with Crippen LogP contribution in [0.1, 0.15) is 66.0 Å². The number of nitrogen functional groups attached to an aromatic ring is 4. The monoisotopic (exact) mass is 2230 g/mol. The first-order valence-electron chi connectivity index (χ1n) is 43.1. The summed E-state index contributed by atoms with van der Waals surface area (Å²) in [5.41, 5.74) is 19.8. The first-order chi connectivity index (χ1) is 68.2. The molecular weight excluding hydrogens is 2140 g/mol. The second-order valence-electron chi connectivity index (χ2n) is 33.1. The molecule has 0 saturated carbocycles. The third-order valence-electron chi connectivity index (χ3n) is 23.9. The van der Waals surface area contributed by atoms with Gasteiger partial charge in [0.1, 0.15) is 145 Å². The number of halogens is 4. The number of rotatable bonds is 47. The van der Waals surface area contributed by atoms with Crippen LogP contribution < -0.4 is 73.3 Å². The Morgan fingerprint density at radius 1 is 0.352 bits per heavy atom. The van der Waals surface area contributed by atoms with Crippen molar-refractivity contribution in [2.45, 2.75) is 237 Å². The van der Waals surface area contributed by atoms with Gasteiger partial charge in [-0.1, -0.05) is 6.92 Å². The van der Waals surface area contributed by atoms with Gasteiger partial charge in [0.05, 0.1) is 95.7 Å². The zero-order valence-electron chi connectivity index (χ0n) is 76.7. The quantitative estimate of drug-likeness (QED) is 0.0183. The number of aromatic nitrogens is 14. The van der Waals surface area contributed by atoms with Gasteiger partial charge in [-0.15, -0.1) is 0 Å². The van der Waals surface area contributed by atoms with E-state index in [0.717, 1.165) is 85.9 Å². The average Bonchev–Trinajstić information content (AvgIpc) is 1.63. The lowest BCUT2D eigenvalue weighted by Crippen LogP contribution is -2.40. The minimum absolute atomic E-state index is 0.0933. The van der Waals surface area contributed by atoms with E-state index in [1.807, 2.05) is 0 Å². The van der Waals surface area contributed by atoms with Crippen LogP contribution in [0.3, 0.4) is 0 Å². The van der Waals surface area contributed by atoms with Gasteiger partial charge >= 0.3 is 5.69 Å². The number of aromatic amines is 1. The van der Waals surface area contributed by atoms with E-state index in [-0.39, 0.29) is 51.8 Å². The van der Waals surface area contributed by atoms with Gasteiger partial charge < -0.3 is 191 Å². The number of hydrogen-bond donors (Lipinski definition) is 5. The van der Waals surface area contributed by atoms with E-state index < -0.39 is 328 Å². The minimum Gasteiger partial charge on any atom is -0.756 e. The van der Waals surface area contributed by atoms with Crippen LogP contribution in [0.15, 0.2) is 53.5 Å². The van der Waals surface area contributed by atoms with Gasteiger partial charge in [-0.25, -0.2) is 57.2 Å². The van der Waals surface area contributed by atoms with Gasteiger partial charge in [-0.3, -0.25) is 64.6 Å². The standard InChI is InChI=1S/C69H102F4N18O46P8/c1-11-30-53(46(110-6)27(3)123-30)134-142(102,103)116-16-33-52(42(73)66(127-33)90-24-83-44-59(76)79-22-81-61(44)90)133-141(100,101)121-20-37-56(57(113-9)67(129-37)91-25-84-45-62(91)86-68(77)87-63(45)92)137-145(108,109)118-17-34-51(41(72)65(128-34)89-23-82-43-58(75)78-21-80-60(43)89)132-140(98,99)120-19-36-54(47(111-7)28(4)125-36)135-143(104,105)115-14-31-49(39(70)26(2)122-31)131-139(96,97)119-18-35-55(48(112-8)29(5)124-35)136-144(106,107)117-15-32-50(130-138(94,95)114-10)40(71)64(126-32)88-13-12-38(74)85-69(88)93/h12-13,21-37,39-42,46-57,64-67H,11,14-20H2,1-10H3,(H,94,95)(H,96,97)(H,98,99)(H,100,101)(H,102,103)(H,104,105)(H,106,107)(H,108,109)(H2,74,85,93)(H2,75,78,80)(H2,76,79,81)(H3,77,86,87,92)/p-8/t26-,27-,28-,29-,30+,31+,32+,33+,34+,35+,36+,37+,39+,40-,41-,42-,46+,47+,48+,49?,50?,51?,52?,53?,54?,55?,56?,57-,64+,65+,66+,67+/m0/s1. The van der Waals surface area contributed by atoms with Crippen molar-refractivity contribution in [2.75, 3.05) is 105 Å².